The second-order valence-corrected chi connectivity index (χ2v) is 11.9. The molecule has 244 valence electrons. The highest BCUT2D eigenvalue weighted by molar-refractivity contribution is 6.31. The zero-order chi connectivity index (χ0) is 32.7. The average Bonchev–Trinajstić information content (AvgIpc) is 3.63. The third kappa shape index (κ3) is 6.47. The van der Waals surface area contributed by atoms with Crippen molar-refractivity contribution < 1.29 is 41.1 Å². The summed E-state index contributed by atoms with van der Waals surface area (Å²) in [5, 5.41) is 13.5. The maximum Gasteiger partial charge on any atom is 0.393 e. The number of hydrogen-bond acceptors (Lipinski definition) is 7. The molecule has 0 spiro atoms. The molecular formula is C28H31ClF5N7O4. The number of methoxy groups -OCH3 is 1. The van der Waals surface area contributed by atoms with Gasteiger partial charge < -0.3 is 15.4 Å². The van der Waals surface area contributed by atoms with Crippen molar-refractivity contribution in [2.24, 2.45) is 17.3 Å². The first kappa shape index (κ1) is 32.6. The van der Waals surface area contributed by atoms with Crippen molar-refractivity contribution >= 4 is 35.0 Å². The molecule has 2 N–H and O–H groups in total. The number of aryl methyl sites for hydroxylation is 1. The lowest BCUT2D eigenvalue weighted by Gasteiger charge is -2.38. The number of halogens is 6. The first-order valence-corrected chi connectivity index (χ1v) is 14.7. The highest BCUT2D eigenvalue weighted by atomic mass is 35.5. The number of ether oxygens (including phenoxy) is 1. The van der Waals surface area contributed by atoms with E-state index in [9.17, 15) is 36.3 Å². The molecule has 1 aliphatic heterocycles. The van der Waals surface area contributed by atoms with Gasteiger partial charge in [0.25, 0.3) is 5.91 Å². The smallest absolute Gasteiger partial charge is 0.393 e. The van der Waals surface area contributed by atoms with Gasteiger partial charge in [-0.15, -0.1) is 0 Å². The van der Waals surface area contributed by atoms with E-state index in [1.807, 2.05) is 6.92 Å². The minimum atomic E-state index is -4.69. The molecule has 4 heterocycles. The Morgan fingerprint density at radius 3 is 2.62 bits per heavy atom. The van der Waals surface area contributed by atoms with Crippen LogP contribution in [0.3, 0.4) is 0 Å². The number of carbonyl (C=O) groups excluding carboxylic acids is 3. The fourth-order valence-corrected chi connectivity index (χ4v) is 6.33. The Labute approximate surface area is 258 Å². The molecule has 0 bridgehead atoms. The molecule has 0 aromatic carbocycles. The topological polar surface area (TPSA) is 133 Å². The number of esters is 1. The van der Waals surface area contributed by atoms with Crippen LogP contribution in [-0.4, -0.2) is 67.9 Å². The number of imidazole rings is 1. The largest absolute Gasteiger partial charge is 0.468 e. The minimum absolute atomic E-state index is 0.0683. The number of rotatable bonds is 8. The first-order chi connectivity index (χ1) is 21.2. The SMILES string of the molecule is CCn1nccc1C(=O)N[C@H](c1cn2nc(CC3(C(=O)OC)C[C@@H](C(F)(F)F)CNC3=O)c(Cl)cc2n1)C1CCC(F)(F)CC1. The number of nitrogens with zero attached hydrogens (tertiary/aromatic N) is 5. The Hall–Kier alpha value is -3.82. The van der Waals surface area contributed by atoms with Gasteiger partial charge in [-0.1, -0.05) is 11.6 Å². The number of fused-ring (bicyclic) bond motifs is 1. The Morgan fingerprint density at radius 2 is 1.98 bits per heavy atom. The molecule has 45 heavy (non-hydrogen) atoms. The molecule has 3 aromatic heterocycles. The second kappa shape index (κ2) is 12.2. The number of nitrogens with one attached hydrogen (secondary N) is 2. The minimum Gasteiger partial charge on any atom is -0.468 e. The molecule has 5 rings (SSSR count). The summed E-state index contributed by atoms with van der Waals surface area (Å²) in [5.41, 5.74) is -1.58. The zero-order valence-electron chi connectivity index (χ0n) is 24.3. The standard InChI is InChI=1S/C28H31ClF5N7O4/c1-3-40-20(6-9-36-40)23(42)38-22(15-4-7-27(30,31)8-5-15)19-14-41-21(37-19)10-17(29)18(39-41)12-26(25(44)45-2)11-16(28(32,33)34)13-35-24(26)43/h6,9-10,14-16,22H,3-5,7-8,11-13H2,1-2H3,(H,35,43)(H,38,42)/t16-,22+,26?/m1/s1. The van der Waals surface area contributed by atoms with Gasteiger partial charge >= 0.3 is 12.1 Å². The highest BCUT2D eigenvalue weighted by Crippen LogP contribution is 2.43. The predicted octanol–water partition coefficient (Wildman–Crippen LogP) is 4.30. The van der Waals surface area contributed by atoms with Crippen molar-refractivity contribution in [1.29, 1.82) is 0 Å². The molecular weight excluding hydrogens is 629 g/mol. The van der Waals surface area contributed by atoms with Gasteiger partial charge in [-0.3, -0.25) is 19.1 Å². The van der Waals surface area contributed by atoms with Crippen LogP contribution in [0.25, 0.3) is 5.65 Å². The molecule has 2 aliphatic rings. The number of amides is 2. The third-order valence-electron chi connectivity index (χ3n) is 8.63. The predicted molar refractivity (Wildman–Crippen MR) is 148 cm³/mol. The summed E-state index contributed by atoms with van der Waals surface area (Å²) < 4.78 is 76.6. The Balaban J connectivity index is 1.50. The van der Waals surface area contributed by atoms with Crippen LogP contribution in [0.15, 0.2) is 24.5 Å². The van der Waals surface area contributed by atoms with Crippen LogP contribution in [-0.2, 0) is 27.3 Å². The van der Waals surface area contributed by atoms with Gasteiger partial charge in [0, 0.05) is 44.6 Å². The molecule has 1 aliphatic carbocycles. The summed E-state index contributed by atoms with van der Waals surface area (Å²) in [6, 6.07) is 2.08. The zero-order valence-corrected chi connectivity index (χ0v) is 25.1. The van der Waals surface area contributed by atoms with E-state index in [0.717, 1.165) is 7.11 Å². The summed E-state index contributed by atoms with van der Waals surface area (Å²) in [7, 11) is 0.970. The normalized spacial score (nSPS) is 23.0. The Bertz CT molecular complexity index is 1590. The van der Waals surface area contributed by atoms with Crippen LogP contribution in [0, 0.1) is 17.3 Å². The summed E-state index contributed by atoms with van der Waals surface area (Å²) >= 11 is 6.48. The van der Waals surface area contributed by atoms with Crippen molar-refractivity contribution in [2.75, 3.05) is 13.7 Å². The van der Waals surface area contributed by atoms with Crippen molar-refractivity contribution in [3.8, 4) is 0 Å². The van der Waals surface area contributed by atoms with Crippen molar-refractivity contribution in [3.05, 3.63) is 46.6 Å². The average molecular weight is 660 g/mol. The number of carbonyl (C=O) groups is 3. The van der Waals surface area contributed by atoms with Crippen LogP contribution < -0.4 is 10.6 Å². The van der Waals surface area contributed by atoms with Crippen LogP contribution in [0.1, 0.15) is 66.9 Å². The van der Waals surface area contributed by atoms with E-state index in [2.05, 4.69) is 25.8 Å². The lowest BCUT2D eigenvalue weighted by molar-refractivity contribution is -0.195. The fourth-order valence-electron chi connectivity index (χ4n) is 6.13. The molecule has 1 saturated carbocycles. The van der Waals surface area contributed by atoms with Gasteiger partial charge in [0.05, 0.1) is 41.7 Å². The Morgan fingerprint density at radius 1 is 1.27 bits per heavy atom. The highest BCUT2D eigenvalue weighted by Gasteiger charge is 2.57. The fraction of sp³-hybridized carbons (Fsp3) is 0.571. The van der Waals surface area contributed by atoms with Crippen molar-refractivity contribution in [1.82, 2.24) is 35.0 Å². The van der Waals surface area contributed by atoms with Gasteiger partial charge in [0.2, 0.25) is 11.8 Å². The van der Waals surface area contributed by atoms with Crippen LogP contribution >= 0.6 is 11.6 Å². The molecule has 3 aromatic rings. The van der Waals surface area contributed by atoms with E-state index in [1.165, 1.54) is 33.7 Å². The molecule has 3 atom stereocenters. The van der Waals surface area contributed by atoms with E-state index in [-0.39, 0.29) is 53.4 Å². The van der Waals surface area contributed by atoms with E-state index in [0.29, 0.717) is 6.54 Å². The maximum absolute atomic E-state index is 14.0. The van der Waals surface area contributed by atoms with Gasteiger partial charge in [0.1, 0.15) is 5.69 Å². The molecule has 2 amide bonds. The van der Waals surface area contributed by atoms with E-state index < -0.39 is 72.6 Å². The van der Waals surface area contributed by atoms with Crippen LogP contribution in [0.2, 0.25) is 5.02 Å². The van der Waals surface area contributed by atoms with Gasteiger partial charge in [-0.05, 0) is 38.2 Å². The summed E-state index contributed by atoms with van der Waals surface area (Å²) in [6.07, 6.45) is -3.75. The maximum atomic E-state index is 14.0. The van der Waals surface area contributed by atoms with Gasteiger partial charge in [-0.25, -0.2) is 18.3 Å². The van der Waals surface area contributed by atoms with E-state index >= 15 is 0 Å². The van der Waals surface area contributed by atoms with Crippen LogP contribution in [0.4, 0.5) is 22.0 Å². The monoisotopic (exact) mass is 659 g/mol. The second-order valence-electron chi connectivity index (χ2n) is 11.5. The number of aromatic nitrogens is 5. The number of alkyl halides is 5. The summed E-state index contributed by atoms with van der Waals surface area (Å²) in [6.45, 7) is 1.54. The van der Waals surface area contributed by atoms with Crippen molar-refractivity contribution in [2.45, 2.75) is 70.1 Å². The molecule has 17 heteroatoms. The van der Waals surface area contributed by atoms with E-state index in [1.54, 1.807) is 0 Å². The van der Waals surface area contributed by atoms with Crippen molar-refractivity contribution in [3.63, 3.8) is 0 Å². The molecule has 2 fully saturated rings. The third-order valence-corrected chi connectivity index (χ3v) is 8.95. The number of piperidine rings is 1. The summed E-state index contributed by atoms with van der Waals surface area (Å²) in [5.74, 6) is -7.82. The molecule has 0 radical (unpaired) electrons. The van der Waals surface area contributed by atoms with Gasteiger partial charge in [0.15, 0.2) is 11.1 Å². The summed E-state index contributed by atoms with van der Waals surface area (Å²) in [4.78, 5) is 43.7. The lowest BCUT2D eigenvalue weighted by atomic mass is 9.72. The quantitative estimate of drug-likeness (QED) is 0.209. The lowest BCUT2D eigenvalue weighted by Crippen LogP contribution is -2.57. The van der Waals surface area contributed by atoms with Crippen LogP contribution in [0.5, 0.6) is 0 Å². The number of hydrogen-bond donors (Lipinski definition) is 2. The molecule has 1 unspecified atom stereocenters. The Kier molecular flexibility index (Phi) is 8.81. The van der Waals surface area contributed by atoms with Gasteiger partial charge in [-0.2, -0.15) is 23.4 Å². The molecule has 11 nitrogen and oxygen atoms in total. The van der Waals surface area contributed by atoms with E-state index in [4.69, 9.17) is 16.3 Å². The molecule has 1 saturated heterocycles. The first-order valence-electron chi connectivity index (χ1n) is 14.4.